The van der Waals surface area contributed by atoms with Crippen LogP contribution in [-0.2, 0) is 0 Å². The minimum absolute atomic E-state index is 0.583. The van der Waals surface area contributed by atoms with Gasteiger partial charge in [-0.2, -0.15) is 4.37 Å². The highest BCUT2D eigenvalue weighted by Gasteiger charge is 2.25. The lowest BCUT2D eigenvalue weighted by atomic mass is 9.80. The van der Waals surface area contributed by atoms with E-state index < -0.39 is 0 Å². The molecule has 0 bridgehead atoms. The summed E-state index contributed by atoms with van der Waals surface area (Å²) >= 11 is 3.17. The van der Waals surface area contributed by atoms with Crippen LogP contribution in [-0.4, -0.2) is 16.7 Å². The zero-order valence-electron chi connectivity index (χ0n) is 10.7. The van der Waals surface area contributed by atoms with E-state index in [4.69, 9.17) is 5.73 Å². The van der Waals surface area contributed by atoms with Gasteiger partial charge in [0.1, 0.15) is 5.00 Å². The Labute approximate surface area is 112 Å². The Bertz CT molecular complexity index is 368. The van der Waals surface area contributed by atoms with Crippen molar-refractivity contribution in [1.82, 2.24) is 4.37 Å². The van der Waals surface area contributed by atoms with E-state index in [-0.39, 0.29) is 0 Å². The maximum atomic E-state index is 5.85. The molecule has 17 heavy (non-hydrogen) atoms. The van der Waals surface area contributed by atoms with E-state index in [0.29, 0.717) is 11.9 Å². The molecule has 1 fully saturated rings. The molecular weight excluding hydrogens is 250 g/mol. The van der Waals surface area contributed by atoms with Crippen molar-refractivity contribution in [3.8, 4) is 0 Å². The van der Waals surface area contributed by atoms with Crippen molar-refractivity contribution >= 4 is 34.1 Å². The summed E-state index contributed by atoms with van der Waals surface area (Å²) in [6.07, 6.45) is 5.93. The quantitative estimate of drug-likeness (QED) is 0.823. The number of thioether (sulfide) groups is 1. The molecule has 1 aromatic heterocycles. The maximum absolute atomic E-state index is 5.85. The summed E-state index contributed by atoms with van der Waals surface area (Å²) in [4.78, 5) is 1.11. The van der Waals surface area contributed by atoms with Crippen LogP contribution in [0.15, 0.2) is 4.90 Å². The molecule has 0 amide bonds. The zero-order valence-corrected chi connectivity index (χ0v) is 12.3. The van der Waals surface area contributed by atoms with E-state index in [1.165, 1.54) is 30.8 Å². The lowest BCUT2D eigenvalue weighted by molar-refractivity contribution is 0.281. The monoisotopic (exact) mass is 271 g/mol. The molecule has 2 unspecified atom stereocenters. The summed E-state index contributed by atoms with van der Waals surface area (Å²) in [5.41, 5.74) is 5.85. The van der Waals surface area contributed by atoms with Crippen molar-refractivity contribution in [2.75, 3.05) is 17.3 Å². The number of anilines is 2. The number of nitrogen functional groups attached to an aromatic ring is 1. The molecular formula is C12H21N3S2. The lowest BCUT2D eigenvalue weighted by Gasteiger charge is -2.32. The van der Waals surface area contributed by atoms with Crippen molar-refractivity contribution in [2.24, 2.45) is 11.8 Å². The molecule has 3 nitrogen and oxygen atoms in total. The number of nitrogens with one attached hydrogen (secondary N) is 1. The third-order valence-electron chi connectivity index (χ3n) is 3.39. The molecule has 0 radical (unpaired) electrons. The molecule has 0 aliphatic heterocycles. The fraction of sp³-hybridized carbons (Fsp3) is 0.750. The van der Waals surface area contributed by atoms with Crippen LogP contribution < -0.4 is 11.1 Å². The number of nitrogens with zero attached hydrogens (tertiary/aromatic N) is 1. The third-order valence-corrected chi connectivity index (χ3v) is 5.14. The van der Waals surface area contributed by atoms with Crippen LogP contribution in [0.3, 0.4) is 0 Å². The van der Waals surface area contributed by atoms with E-state index in [9.17, 15) is 0 Å². The van der Waals surface area contributed by atoms with Gasteiger partial charge < -0.3 is 11.1 Å². The number of rotatable bonds is 3. The standard InChI is InChI=1S/C12H21N3S2/c1-7-4-8(2)6-9(5-7)14-12-10(16-3)11(13)15-17-12/h7-9,14H,4-6H2,1-3H3,(H2,13,15). The predicted molar refractivity (Wildman–Crippen MR) is 77.9 cm³/mol. The second-order valence-corrected chi connectivity index (χ2v) is 6.78. The topological polar surface area (TPSA) is 50.9 Å². The predicted octanol–water partition coefficient (Wildman–Crippen LogP) is 3.68. The number of hydrogen-bond donors (Lipinski definition) is 2. The average Bonchev–Trinajstić information content (AvgIpc) is 2.57. The van der Waals surface area contributed by atoms with Crippen LogP contribution >= 0.6 is 23.3 Å². The molecule has 1 aliphatic rings. The molecule has 0 spiro atoms. The Morgan fingerprint density at radius 3 is 2.53 bits per heavy atom. The Hall–Kier alpha value is -0.420. The summed E-state index contributed by atoms with van der Waals surface area (Å²) in [6, 6.07) is 0.583. The first-order valence-corrected chi connectivity index (χ1v) is 8.15. The highest BCUT2D eigenvalue weighted by atomic mass is 32.2. The van der Waals surface area contributed by atoms with E-state index in [0.717, 1.165) is 21.7 Å². The van der Waals surface area contributed by atoms with Crippen molar-refractivity contribution in [1.29, 1.82) is 0 Å². The van der Waals surface area contributed by atoms with E-state index >= 15 is 0 Å². The second-order valence-electron chi connectivity index (χ2n) is 5.19. The average molecular weight is 271 g/mol. The van der Waals surface area contributed by atoms with Crippen LogP contribution in [0.4, 0.5) is 10.8 Å². The zero-order chi connectivity index (χ0) is 12.4. The minimum atomic E-state index is 0.583. The second kappa shape index (κ2) is 5.48. The van der Waals surface area contributed by atoms with Crippen LogP contribution in [0.5, 0.6) is 0 Å². The summed E-state index contributed by atoms with van der Waals surface area (Å²) < 4.78 is 4.23. The number of aromatic nitrogens is 1. The number of nitrogens with two attached hydrogens (primary N) is 1. The Balaban J connectivity index is 2.04. The Kier molecular flexibility index (Phi) is 4.20. The van der Waals surface area contributed by atoms with Crippen LogP contribution in [0.1, 0.15) is 33.1 Å². The van der Waals surface area contributed by atoms with Crippen LogP contribution in [0.25, 0.3) is 0 Å². The first-order chi connectivity index (χ1) is 8.10. The van der Waals surface area contributed by atoms with Gasteiger partial charge in [-0.15, -0.1) is 11.8 Å². The largest absolute Gasteiger partial charge is 0.382 e. The molecule has 1 aromatic rings. The minimum Gasteiger partial charge on any atom is -0.382 e. The van der Waals surface area contributed by atoms with Gasteiger partial charge in [-0.05, 0) is 48.9 Å². The van der Waals surface area contributed by atoms with Gasteiger partial charge in [0.25, 0.3) is 0 Å². The molecule has 1 heterocycles. The van der Waals surface area contributed by atoms with Gasteiger partial charge in [0.05, 0.1) is 4.90 Å². The first kappa shape index (κ1) is 13.0. The summed E-state index contributed by atoms with van der Waals surface area (Å²) in [5, 5.41) is 4.79. The molecule has 1 saturated carbocycles. The van der Waals surface area contributed by atoms with E-state index in [1.54, 1.807) is 11.8 Å². The van der Waals surface area contributed by atoms with Gasteiger partial charge in [0.15, 0.2) is 5.82 Å². The molecule has 1 aliphatic carbocycles. The van der Waals surface area contributed by atoms with Crippen molar-refractivity contribution in [3.05, 3.63) is 0 Å². The fourth-order valence-electron chi connectivity index (χ4n) is 2.83. The van der Waals surface area contributed by atoms with Crippen LogP contribution in [0.2, 0.25) is 0 Å². The third kappa shape index (κ3) is 3.07. The van der Waals surface area contributed by atoms with Crippen LogP contribution in [0, 0.1) is 11.8 Å². The Morgan fingerprint density at radius 2 is 1.94 bits per heavy atom. The highest BCUT2D eigenvalue weighted by molar-refractivity contribution is 7.99. The van der Waals surface area contributed by atoms with Crippen molar-refractivity contribution < 1.29 is 0 Å². The lowest BCUT2D eigenvalue weighted by Crippen LogP contribution is -2.30. The summed E-state index contributed by atoms with van der Waals surface area (Å²) in [6.45, 7) is 4.70. The fourth-order valence-corrected chi connectivity index (χ4v) is 4.44. The molecule has 96 valence electrons. The van der Waals surface area contributed by atoms with Crippen molar-refractivity contribution in [2.45, 2.75) is 44.0 Å². The Morgan fingerprint density at radius 1 is 1.29 bits per heavy atom. The van der Waals surface area contributed by atoms with E-state index in [1.807, 2.05) is 0 Å². The molecule has 0 aromatic carbocycles. The van der Waals surface area contributed by atoms with Gasteiger partial charge in [-0.25, -0.2) is 0 Å². The normalized spacial score (nSPS) is 29.2. The van der Waals surface area contributed by atoms with Gasteiger partial charge >= 0.3 is 0 Å². The molecule has 2 rings (SSSR count). The van der Waals surface area contributed by atoms with Gasteiger partial charge in [0.2, 0.25) is 0 Å². The SMILES string of the molecule is CSc1c(N)nsc1NC1CC(C)CC(C)C1. The van der Waals surface area contributed by atoms with Gasteiger partial charge in [0, 0.05) is 6.04 Å². The molecule has 0 saturated heterocycles. The molecule has 5 heteroatoms. The molecule has 2 atom stereocenters. The molecule has 3 N–H and O–H groups in total. The highest BCUT2D eigenvalue weighted by Crippen LogP contribution is 2.37. The van der Waals surface area contributed by atoms with Gasteiger partial charge in [-0.3, -0.25) is 0 Å². The maximum Gasteiger partial charge on any atom is 0.153 e. The van der Waals surface area contributed by atoms with Gasteiger partial charge in [-0.1, -0.05) is 13.8 Å². The summed E-state index contributed by atoms with van der Waals surface area (Å²) in [7, 11) is 0. The first-order valence-electron chi connectivity index (χ1n) is 6.15. The van der Waals surface area contributed by atoms with Crippen molar-refractivity contribution in [3.63, 3.8) is 0 Å². The smallest absolute Gasteiger partial charge is 0.153 e. The van der Waals surface area contributed by atoms with E-state index in [2.05, 4.69) is 29.8 Å². The number of hydrogen-bond acceptors (Lipinski definition) is 5. The summed E-state index contributed by atoms with van der Waals surface area (Å²) in [5.74, 6) is 2.31.